The Morgan fingerprint density at radius 2 is 1.70 bits per heavy atom. The van der Waals surface area contributed by atoms with Crippen molar-refractivity contribution in [1.29, 1.82) is 0 Å². The topological polar surface area (TPSA) is 46.9 Å². The minimum atomic E-state index is -0.829. The third-order valence-electron chi connectivity index (χ3n) is 6.55. The van der Waals surface area contributed by atoms with Crippen LogP contribution in [0.2, 0.25) is 0 Å². The molecule has 1 aromatic heterocycles. The summed E-state index contributed by atoms with van der Waals surface area (Å²) >= 11 is 0. The highest BCUT2D eigenvalue weighted by Crippen LogP contribution is 2.38. The van der Waals surface area contributed by atoms with Gasteiger partial charge in [0.1, 0.15) is 5.75 Å². The molecule has 1 aliphatic rings. The van der Waals surface area contributed by atoms with Crippen molar-refractivity contribution in [3.63, 3.8) is 0 Å². The SMILES string of the molecule is COCCn1c(C)c(CN2CCC(O)(c3ccccc3OC)CC2)c2ccccc21. The lowest BCUT2D eigenvalue weighted by Crippen LogP contribution is -2.42. The highest BCUT2D eigenvalue weighted by atomic mass is 16.5. The summed E-state index contributed by atoms with van der Waals surface area (Å²) in [4.78, 5) is 2.46. The van der Waals surface area contributed by atoms with Gasteiger partial charge < -0.3 is 19.1 Å². The highest BCUT2D eigenvalue weighted by molar-refractivity contribution is 5.85. The number of ether oxygens (including phenoxy) is 2. The first-order valence-corrected chi connectivity index (χ1v) is 10.7. The standard InChI is InChI=1S/C25H32N2O3/c1-19-21(20-8-4-6-10-23(20)27(19)16-17-29-2)18-26-14-12-25(28,13-15-26)22-9-5-7-11-24(22)30-3/h4-11,28H,12-18H2,1-3H3. The molecule has 0 aliphatic carbocycles. The Labute approximate surface area is 178 Å². The largest absolute Gasteiger partial charge is 0.496 e. The number of rotatable bonds is 7. The van der Waals surface area contributed by atoms with Crippen LogP contribution in [0.25, 0.3) is 10.9 Å². The number of benzene rings is 2. The van der Waals surface area contributed by atoms with Crippen LogP contribution < -0.4 is 4.74 Å². The number of fused-ring (bicyclic) bond motifs is 1. The molecule has 1 aliphatic heterocycles. The summed E-state index contributed by atoms with van der Waals surface area (Å²) in [7, 11) is 3.41. The summed E-state index contributed by atoms with van der Waals surface area (Å²) in [6, 6.07) is 16.5. The monoisotopic (exact) mass is 408 g/mol. The van der Waals surface area contributed by atoms with Gasteiger partial charge in [-0.1, -0.05) is 36.4 Å². The van der Waals surface area contributed by atoms with Crippen molar-refractivity contribution in [2.75, 3.05) is 33.9 Å². The molecule has 0 spiro atoms. The zero-order valence-corrected chi connectivity index (χ0v) is 18.2. The molecule has 160 valence electrons. The number of aliphatic hydroxyl groups is 1. The molecule has 1 fully saturated rings. The van der Waals surface area contributed by atoms with Gasteiger partial charge in [0.15, 0.2) is 0 Å². The maximum atomic E-state index is 11.3. The van der Waals surface area contributed by atoms with Crippen LogP contribution in [0.3, 0.4) is 0 Å². The first kappa shape index (κ1) is 20.9. The average Bonchev–Trinajstić information content (AvgIpc) is 3.04. The summed E-state index contributed by atoms with van der Waals surface area (Å²) in [5.41, 5.74) is 4.03. The fraction of sp³-hybridized carbons (Fsp3) is 0.440. The van der Waals surface area contributed by atoms with Gasteiger partial charge in [0.05, 0.1) is 19.3 Å². The molecule has 0 atom stereocenters. The van der Waals surface area contributed by atoms with Crippen molar-refractivity contribution in [2.45, 2.75) is 38.5 Å². The summed E-state index contributed by atoms with van der Waals surface area (Å²) in [6.07, 6.45) is 1.41. The number of aromatic nitrogens is 1. The van der Waals surface area contributed by atoms with Gasteiger partial charge in [-0.2, -0.15) is 0 Å². The Kier molecular flexibility index (Phi) is 6.14. The number of methoxy groups -OCH3 is 2. The molecule has 2 aromatic carbocycles. The van der Waals surface area contributed by atoms with Crippen molar-refractivity contribution in [2.24, 2.45) is 0 Å². The van der Waals surface area contributed by atoms with E-state index >= 15 is 0 Å². The maximum Gasteiger partial charge on any atom is 0.124 e. The van der Waals surface area contributed by atoms with E-state index in [9.17, 15) is 5.11 Å². The zero-order chi connectivity index (χ0) is 21.1. The Morgan fingerprint density at radius 1 is 1.00 bits per heavy atom. The molecule has 3 aromatic rings. The van der Waals surface area contributed by atoms with Gasteiger partial charge >= 0.3 is 0 Å². The van der Waals surface area contributed by atoms with E-state index in [-0.39, 0.29) is 0 Å². The van der Waals surface area contributed by atoms with Crippen LogP contribution >= 0.6 is 0 Å². The minimum Gasteiger partial charge on any atom is -0.496 e. The molecule has 0 saturated carbocycles. The predicted molar refractivity (Wildman–Crippen MR) is 120 cm³/mol. The number of para-hydroxylation sites is 2. The molecule has 5 heteroatoms. The second kappa shape index (κ2) is 8.80. The van der Waals surface area contributed by atoms with Crippen LogP contribution in [0, 0.1) is 6.92 Å². The van der Waals surface area contributed by atoms with E-state index in [1.807, 2.05) is 24.3 Å². The van der Waals surface area contributed by atoms with Crippen LogP contribution in [0.15, 0.2) is 48.5 Å². The molecule has 0 unspecified atom stereocenters. The van der Waals surface area contributed by atoms with Crippen molar-refractivity contribution in [3.05, 3.63) is 65.4 Å². The minimum absolute atomic E-state index is 0.703. The second-order valence-electron chi connectivity index (χ2n) is 8.23. The summed E-state index contributed by atoms with van der Waals surface area (Å²) in [6.45, 7) is 6.37. The maximum absolute atomic E-state index is 11.3. The molecular formula is C25H32N2O3. The van der Waals surface area contributed by atoms with Crippen LogP contribution in [-0.4, -0.2) is 48.5 Å². The van der Waals surface area contributed by atoms with E-state index in [1.165, 1.54) is 22.2 Å². The van der Waals surface area contributed by atoms with Crippen molar-refractivity contribution in [1.82, 2.24) is 9.47 Å². The van der Waals surface area contributed by atoms with Gasteiger partial charge in [-0.25, -0.2) is 0 Å². The molecule has 1 N–H and O–H groups in total. The van der Waals surface area contributed by atoms with Gasteiger partial charge in [0, 0.05) is 55.4 Å². The molecule has 1 saturated heterocycles. The fourth-order valence-electron chi connectivity index (χ4n) is 4.78. The molecular weight excluding hydrogens is 376 g/mol. The normalized spacial score (nSPS) is 16.8. The Morgan fingerprint density at radius 3 is 2.43 bits per heavy atom. The Hall–Kier alpha value is -2.34. The lowest BCUT2D eigenvalue weighted by atomic mass is 9.83. The lowest BCUT2D eigenvalue weighted by Gasteiger charge is -2.39. The fourth-order valence-corrected chi connectivity index (χ4v) is 4.78. The second-order valence-corrected chi connectivity index (χ2v) is 8.23. The third kappa shape index (κ3) is 3.85. The van der Waals surface area contributed by atoms with Crippen LogP contribution in [0.4, 0.5) is 0 Å². The van der Waals surface area contributed by atoms with Crippen LogP contribution in [0.1, 0.15) is 29.7 Å². The number of hydrogen-bond donors (Lipinski definition) is 1. The summed E-state index contributed by atoms with van der Waals surface area (Å²) in [5.74, 6) is 0.769. The molecule has 0 bridgehead atoms. The number of hydrogen-bond acceptors (Lipinski definition) is 4. The summed E-state index contributed by atoms with van der Waals surface area (Å²) in [5, 5.41) is 12.7. The van der Waals surface area contributed by atoms with E-state index in [0.717, 1.165) is 37.5 Å². The number of piperidine rings is 1. The predicted octanol–water partition coefficient (Wildman–Crippen LogP) is 4.09. The van der Waals surface area contributed by atoms with Gasteiger partial charge in [0.25, 0.3) is 0 Å². The third-order valence-corrected chi connectivity index (χ3v) is 6.55. The molecule has 30 heavy (non-hydrogen) atoms. The van der Waals surface area contributed by atoms with Crippen molar-refractivity contribution in [3.8, 4) is 5.75 Å². The van der Waals surface area contributed by atoms with E-state index in [4.69, 9.17) is 9.47 Å². The van der Waals surface area contributed by atoms with Gasteiger partial charge in [-0.05, 0) is 37.5 Å². The van der Waals surface area contributed by atoms with Crippen LogP contribution in [0.5, 0.6) is 5.75 Å². The molecule has 5 nitrogen and oxygen atoms in total. The Balaban J connectivity index is 1.53. The average molecular weight is 409 g/mol. The van der Waals surface area contributed by atoms with E-state index < -0.39 is 5.60 Å². The van der Waals surface area contributed by atoms with E-state index in [1.54, 1.807) is 14.2 Å². The first-order chi connectivity index (χ1) is 14.6. The molecule has 0 amide bonds. The van der Waals surface area contributed by atoms with Crippen molar-refractivity contribution >= 4 is 10.9 Å². The van der Waals surface area contributed by atoms with Crippen LogP contribution in [-0.2, 0) is 23.4 Å². The highest BCUT2D eigenvalue weighted by Gasteiger charge is 2.36. The lowest BCUT2D eigenvalue weighted by molar-refractivity contribution is -0.0292. The summed E-state index contributed by atoms with van der Waals surface area (Å²) < 4.78 is 13.2. The van der Waals surface area contributed by atoms with Crippen molar-refractivity contribution < 1.29 is 14.6 Å². The molecule has 0 radical (unpaired) electrons. The quantitative estimate of drug-likeness (QED) is 0.640. The van der Waals surface area contributed by atoms with Gasteiger partial charge in [-0.15, -0.1) is 0 Å². The van der Waals surface area contributed by atoms with E-state index in [2.05, 4.69) is 40.7 Å². The van der Waals surface area contributed by atoms with E-state index in [0.29, 0.717) is 19.4 Å². The van der Waals surface area contributed by atoms with Gasteiger partial charge in [0.2, 0.25) is 0 Å². The van der Waals surface area contributed by atoms with Gasteiger partial charge in [-0.3, -0.25) is 4.90 Å². The first-order valence-electron chi connectivity index (χ1n) is 10.7. The Bertz CT molecular complexity index is 1000. The number of nitrogens with zero attached hydrogens (tertiary/aromatic N) is 2. The smallest absolute Gasteiger partial charge is 0.124 e. The molecule has 4 rings (SSSR count). The zero-order valence-electron chi connectivity index (χ0n) is 18.2. The molecule has 2 heterocycles. The number of likely N-dealkylation sites (tertiary alicyclic amines) is 1.